The number of rotatable bonds is 4. The van der Waals surface area contributed by atoms with Crippen LogP contribution in [0.25, 0.3) is 0 Å². The van der Waals surface area contributed by atoms with Gasteiger partial charge >= 0.3 is 0 Å². The summed E-state index contributed by atoms with van der Waals surface area (Å²) < 4.78 is 1.45. The number of benzene rings is 1. The molecule has 2 unspecified atom stereocenters. The molecule has 0 saturated carbocycles. The number of nitrogens with one attached hydrogen (secondary N) is 1. The predicted octanol–water partition coefficient (Wildman–Crippen LogP) is 1.60. The Morgan fingerprint density at radius 2 is 2.18 bits per heavy atom. The van der Waals surface area contributed by atoms with Crippen molar-refractivity contribution in [2.75, 3.05) is 0 Å². The SMILES string of the molecule is CC(O)(c1ccc(Cl)cc1Cl)C(c1nnn[nH]1)n1cncn1. The zero-order valence-electron chi connectivity index (χ0n) is 11.4. The molecule has 0 amide bonds. The fourth-order valence-electron chi connectivity index (χ4n) is 2.33. The molecule has 0 radical (unpaired) electrons. The fourth-order valence-corrected chi connectivity index (χ4v) is 2.93. The number of aromatic nitrogens is 7. The van der Waals surface area contributed by atoms with E-state index < -0.39 is 11.6 Å². The Balaban J connectivity index is 2.14. The van der Waals surface area contributed by atoms with Gasteiger partial charge in [0, 0.05) is 15.6 Å². The highest BCUT2D eigenvalue weighted by molar-refractivity contribution is 6.35. The summed E-state index contributed by atoms with van der Waals surface area (Å²) in [5, 5.41) is 29.6. The van der Waals surface area contributed by atoms with E-state index in [0.717, 1.165) is 0 Å². The number of hydrogen-bond donors (Lipinski definition) is 2. The highest BCUT2D eigenvalue weighted by atomic mass is 35.5. The molecule has 2 heterocycles. The average Bonchev–Trinajstić information content (AvgIpc) is 3.12. The monoisotopic (exact) mass is 339 g/mol. The van der Waals surface area contributed by atoms with Gasteiger partial charge in [-0.15, -0.1) is 5.10 Å². The molecule has 0 spiro atoms. The number of H-pyrrole nitrogens is 1. The van der Waals surface area contributed by atoms with Crippen LogP contribution in [0.5, 0.6) is 0 Å². The molecule has 3 aromatic rings. The first-order valence-corrected chi connectivity index (χ1v) is 7.01. The number of nitrogens with zero attached hydrogens (tertiary/aromatic N) is 6. The summed E-state index contributed by atoms with van der Waals surface area (Å²) in [6, 6.07) is 4.11. The van der Waals surface area contributed by atoms with Gasteiger partial charge in [-0.05, 0) is 29.5 Å². The van der Waals surface area contributed by atoms with Crippen LogP contribution in [0, 0.1) is 0 Å². The Morgan fingerprint density at radius 1 is 1.36 bits per heavy atom. The Hall–Kier alpha value is -2.03. The third kappa shape index (κ3) is 2.56. The summed E-state index contributed by atoms with van der Waals surface area (Å²) in [5.41, 5.74) is -0.994. The summed E-state index contributed by atoms with van der Waals surface area (Å²) in [4.78, 5) is 3.90. The third-order valence-corrected chi connectivity index (χ3v) is 3.88. The summed E-state index contributed by atoms with van der Waals surface area (Å²) in [7, 11) is 0. The van der Waals surface area contributed by atoms with Gasteiger partial charge in [-0.2, -0.15) is 5.10 Å². The van der Waals surface area contributed by atoms with Gasteiger partial charge in [0.05, 0.1) is 0 Å². The molecule has 0 aliphatic heterocycles. The molecule has 1 aromatic carbocycles. The Labute approximate surface area is 135 Å². The zero-order valence-corrected chi connectivity index (χ0v) is 12.9. The maximum absolute atomic E-state index is 11.1. The topological polar surface area (TPSA) is 105 Å². The highest BCUT2D eigenvalue weighted by Crippen LogP contribution is 2.39. The number of tetrazole rings is 1. The molecular formula is C12H11Cl2N7O. The molecule has 2 atom stereocenters. The molecule has 0 bridgehead atoms. The largest absolute Gasteiger partial charge is 0.383 e. The molecule has 22 heavy (non-hydrogen) atoms. The third-order valence-electron chi connectivity index (χ3n) is 3.33. The van der Waals surface area contributed by atoms with Gasteiger partial charge < -0.3 is 5.11 Å². The molecule has 0 aliphatic carbocycles. The van der Waals surface area contributed by atoms with Crippen LogP contribution >= 0.6 is 23.2 Å². The first kappa shape index (κ1) is 14.9. The molecule has 2 N–H and O–H groups in total. The van der Waals surface area contributed by atoms with Crippen molar-refractivity contribution in [1.29, 1.82) is 0 Å². The van der Waals surface area contributed by atoms with Crippen LogP contribution in [-0.2, 0) is 5.60 Å². The van der Waals surface area contributed by atoms with Gasteiger partial charge in [-0.1, -0.05) is 29.3 Å². The van der Waals surface area contributed by atoms with Gasteiger partial charge in [0.2, 0.25) is 0 Å². The smallest absolute Gasteiger partial charge is 0.176 e. The predicted molar refractivity (Wildman–Crippen MR) is 78.4 cm³/mol. The number of halogens is 2. The molecule has 114 valence electrons. The van der Waals surface area contributed by atoms with Crippen molar-refractivity contribution in [3.05, 3.63) is 52.3 Å². The van der Waals surface area contributed by atoms with Crippen molar-refractivity contribution in [1.82, 2.24) is 35.4 Å². The summed E-state index contributed by atoms with van der Waals surface area (Å²) in [6.07, 6.45) is 2.82. The first-order chi connectivity index (χ1) is 10.5. The van der Waals surface area contributed by atoms with E-state index >= 15 is 0 Å². The second kappa shape index (κ2) is 5.64. The quantitative estimate of drug-likeness (QED) is 0.747. The highest BCUT2D eigenvalue weighted by Gasteiger charge is 2.41. The minimum atomic E-state index is -1.46. The average molecular weight is 340 g/mol. The Bertz CT molecular complexity index is 724. The lowest BCUT2D eigenvalue weighted by atomic mass is 9.87. The summed E-state index contributed by atoms with van der Waals surface area (Å²) in [6.45, 7) is 1.59. The fraction of sp³-hybridized carbons (Fsp3) is 0.250. The molecule has 0 aliphatic rings. The van der Waals surface area contributed by atoms with Gasteiger partial charge in [-0.3, -0.25) is 0 Å². The second-order valence-corrected chi connectivity index (χ2v) is 5.68. The van der Waals surface area contributed by atoms with Crippen molar-refractivity contribution < 1.29 is 5.11 Å². The maximum Gasteiger partial charge on any atom is 0.176 e. The molecular weight excluding hydrogens is 329 g/mol. The summed E-state index contributed by atoms with van der Waals surface area (Å²) in [5.74, 6) is 0.321. The molecule has 2 aromatic heterocycles. The van der Waals surface area contributed by atoms with E-state index in [9.17, 15) is 5.11 Å². The van der Waals surface area contributed by atoms with Gasteiger partial charge in [-0.25, -0.2) is 14.8 Å². The van der Waals surface area contributed by atoms with Crippen LogP contribution in [0.3, 0.4) is 0 Å². The first-order valence-electron chi connectivity index (χ1n) is 6.26. The molecule has 0 fully saturated rings. The van der Waals surface area contributed by atoms with Crippen LogP contribution in [0.4, 0.5) is 0 Å². The lowest BCUT2D eigenvalue weighted by molar-refractivity contribution is 0.00839. The van der Waals surface area contributed by atoms with Crippen LogP contribution in [0.15, 0.2) is 30.9 Å². The minimum absolute atomic E-state index is 0.321. The lowest BCUT2D eigenvalue weighted by Gasteiger charge is -2.32. The van der Waals surface area contributed by atoms with E-state index in [-0.39, 0.29) is 0 Å². The van der Waals surface area contributed by atoms with Gasteiger partial charge in [0.15, 0.2) is 5.82 Å². The van der Waals surface area contributed by atoms with E-state index in [2.05, 4.69) is 30.7 Å². The van der Waals surface area contributed by atoms with Crippen LogP contribution in [0.1, 0.15) is 24.4 Å². The number of aliphatic hydroxyl groups is 1. The van der Waals surface area contributed by atoms with E-state index in [1.54, 1.807) is 25.1 Å². The summed E-state index contributed by atoms with van der Waals surface area (Å²) >= 11 is 12.1. The second-order valence-electron chi connectivity index (χ2n) is 4.84. The maximum atomic E-state index is 11.1. The molecule has 3 rings (SSSR count). The number of hydrogen-bond acceptors (Lipinski definition) is 6. The van der Waals surface area contributed by atoms with E-state index in [1.807, 2.05) is 0 Å². The van der Waals surface area contributed by atoms with Crippen LogP contribution in [-0.4, -0.2) is 40.5 Å². The Morgan fingerprint density at radius 3 is 2.77 bits per heavy atom. The van der Waals surface area contributed by atoms with Crippen molar-refractivity contribution in [3.63, 3.8) is 0 Å². The van der Waals surface area contributed by atoms with Crippen molar-refractivity contribution >= 4 is 23.2 Å². The zero-order chi connectivity index (χ0) is 15.7. The van der Waals surface area contributed by atoms with E-state index in [1.165, 1.54) is 17.3 Å². The van der Waals surface area contributed by atoms with Crippen molar-refractivity contribution in [3.8, 4) is 0 Å². The normalized spacial score (nSPS) is 15.5. The van der Waals surface area contributed by atoms with Crippen molar-refractivity contribution in [2.45, 2.75) is 18.6 Å². The van der Waals surface area contributed by atoms with Crippen LogP contribution < -0.4 is 0 Å². The minimum Gasteiger partial charge on any atom is -0.383 e. The molecule has 0 saturated heterocycles. The molecule has 10 heteroatoms. The Kier molecular flexibility index (Phi) is 3.81. The van der Waals surface area contributed by atoms with Gasteiger partial charge in [0.25, 0.3) is 0 Å². The number of aromatic amines is 1. The van der Waals surface area contributed by atoms with Crippen molar-refractivity contribution in [2.24, 2.45) is 0 Å². The van der Waals surface area contributed by atoms with Crippen LogP contribution in [0.2, 0.25) is 10.0 Å². The van der Waals surface area contributed by atoms with E-state index in [0.29, 0.717) is 21.4 Å². The van der Waals surface area contributed by atoms with Gasteiger partial charge in [0.1, 0.15) is 24.3 Å². The van der Waals surface area contributed by atoms with E-state index in [4.69, 9.17) is 23.2 Å². The lowest BCUT2D eigenvalue weighted by Crippen LogP contribution is -2.36. The molecule has 8 nitrogen and oxygen atoms in total. The standard InChI is InChI=1S/C12H11Cl2N7O/c1-12(22,8-3-2-7(13)4-9(8)14)10(11-17-19-20-18-11)21-6-15-5-16-21/h2-6,10,22H,1H3,(H,17,18,19,20).